The molecule has 0 amide bonds. The number of unbranched alkanes of at least 4 members (excludes halogenated alkanes) is 59. The van der Waals surface area contributed by atoms with Gasteiger partial charge in [-0.25, -0.2) is 9.13 Å². The van der Waals surface area contributed by atoms with Crippen LogP contribution in [0.3, 0.4) is 0 Å². The summed E-state index contributed by atoms with van der Waals surface area (Å²) in [6, 6.07) is 0. The summed E-state index contributed by atoms with van der Waals surface area (Å²) in [5.41, 5.74) is 0. The number of hydrogen-bond acceptors (Lipinski definition) is 15. The van der Waals surface area contributed by atoms with Crippen molar-refractivity contribution in [2.24, 2.45) is 11.8 Å². The van der Waals surface area contributed by atoms with Gasteiger partial charge in [0.15, 0.2) is 12.2 Å². The number of esters is 4. The van der Waals surface area contributed by atoms with E-state index in [4.69, 9.17) is 37.0 Å². The first-order valence-corrected chi connectivity index (χ1v) is 50.0. The first-order valence-electron chi connectivity index (χ1n) is 47.0. The number of hydrogen-bond donors (Lipinski definition) is 3. The van der Waals surface area contributed by atoms with E-state index in [2.05, 4.69) is 41.5 Å². The van der Waals surface area contributed by atoms with E-state index < -0.39 is 97.5 Å². The highest BCUT2D eigenvalue weighted by molar-refractivity contribution is 7.47. The summed E-state index contributed by atoms with van der Waals surface area (Å²) in [6.07, 6.45) is 76.6. The van der Waals surface area contributed by atoms with Crippen molar-refractivity contribution in [1.29, 1.82) is 0 Å². The molecule has 17 nitrogen and oxygen atoms in total. The van der Waals surface area contributed by atoms with Crippen molar-refractivity contribution in [2.45, 2.75) is 509 Å². The van der Waals surface area contributed by atoms with Crippen LogP contribution in [0.15, 0.2) is 0 Å². The molecule has 0 aromatic rings. The summed E-state index contributed by atoms with van der Waals surface area (Å²) < 4.78 is 69.0. The molecule has 0 saturated heterocycles. The van der Waals surface area contributed by atoms with Crippen LogP contribution in [-0.2, 0) is 65.4 Å². The molecule has 0 bridgehead atoms. The van der Waals surface area contributed by atoms with Crippen LogP contribution in [0.4, 0.5) is 0 Å². The lowest BCUT2D eigenvalue weighted by molar-refractivity contribution is -0.161. The molecule has 0 radical (unpaired) electrons. The molecule has 6 atom stereocenters. The van der Waals surface area contributed by atoms with E-state index >= 15 is 0 Å². The molecule has 110 heavy (non-hydrogen) atoms. The number of carbonyl (C=O) groups excluding carboxylic acids is 4. The van der Waals surface area contributed by atoms with Gasteiger partial charge < -0.3 is 33.8 Å². The third-order valence-corrected chi connectivity index (χ3v) is 23.7. The predicted octanol–water partition coefficient (Wildman–Crippen LogP) is 28.2. The molecule has 0 fully saturated rings. The summed E-state index contributed by atoms with van der Waals surface area (Å²) in [5, 5.41) is 10.7. The topological polar surface area (TPSA) is 237 Å². The first-order chi connectivity index (χ1) is 53.4. The molecule has 0 heterocycles. The number of rotatable bonds is 90. The Balaban J connectivity index is 5.22. The lowest BCUT2D eigenvalue weighted by atomic mass is 9.99. The Hall–Kier alpha value is -1.94. The minimum absolute atomic E-state index is 0.106. The third-order valence-electron chi connectivity index (χ3n) is 21.8. The zero-order valence-electron chi connectivity index (χ0n) is 72.6. The Morgan fingerprint density at radius 2 is 0.464 bits per heavy atom. The van der Waals surface area contributed by atoms with Gasteiger partial charge in [-0.05, 0) is 37.5 Å². The molecule has 0 rings (SSSR count). The van der Waals surface area contributed by atoms with Crippen molar-refractivity contribution < 1.29 is 80.2 Å². The lowest BCUT2D eigenvalue weighted by Gasteiger charge is -2.21. The fraction of sp³-hybridized carbons (Fsp3) is 0.956. The maximum Gasteiger partial charge on any atom is 0.472 e. The van der Waals surface area contributed by atoms with E-state index in [-0.39, 0.29) is 25.7 Å². The molecule has 0 saturated carbocycles. The normalized spacial score (nSPS) is 14.0. The van der Waals surface area contributed by atoms with Gasteiger partial charge in [0, 0.05) is 25.7 Å². The molecule has 3 N–H and O–H groups in total. The van der Waals surface area contributed by atoms with Gasteiger partial charge in [-0.3, -0.25) is 37.3 Å². The van der Waals surface area contributed by atoms with Crippen LogP contribution in [-0.4, -0.2) is 96.7 Å². The zero-order valence-corrected chi connectivity index (χ0v) is 74.4. The maximum absolute atomic E-state index is 13.2. The van der Waals surface area contributed by atoms with E-state index in [9.17, 15) is 43.2 Å². The average molecular weight is 1610 g/mol. The van der Waals surface area contributed by atoms with Crippen molar-refractivity contribution in [3.63, 3.8) is 0 Å². The van der Waals surface area contributed by atoms with Crippen molar-refractivity contribution in [3.05, 3.63) is 0 Å². The highest BCUT2D eigenvalue weighted by atomic mass is 31.2. The molecule has 654 valence electrons. The maximum atomic E-state index is 13.2. The predicted molar refractivity (Wildman–Crippen MR) is 455 cm³/mol. The number of phosphoric acid groups is 2. The minimum Gasteiger partial charge on any atom is -0.462 e. The molecule has 0 aliphatic rings. The summed E-state index contributed by atoms with van der Waals surface area (Å²) in [6.45, 7) is 9.69. The van der Waals surface area contributed by atoms with Gasteiger partial charge in [-0.15, -0.1) is 0 Å². The van der Waals surface area contributed by atoms with Gasteiger partial charge in [0.05, 0.1) is 26.4 Å². The second-order valence-electron chi connectivity index (χ2n) is 33.4. The first kappa shape index (κ1) is 108. The number of ether oxygens (including phenoxy) is 4. The van der Waals surface area contributed by atoms with E-state index in [0.29, 0.717) is 25.7 Å². The van der Waals surface area contributed by atoms with Crippen LogP contribution in [0.5, 0.6) is 0 Å². The molecular formula is C91H178O17P2. The van der Waals surface area contributed by atoms with Gasteiger partial charge in [0.1, 0.15) is 19.3 Å². The number of aliphatic hydroxyl groups is 1. The Morgan fingerprint density at radius 1 is 0.264 bits per heavy atom. The van der Waals surface area contributed by atoms with Gasteiger partial charge in [-0.2, -0.15) is 0 Å². The largest absolute Gasteiger partial charge is 0.472 e. The van der Waals surface area contributed by atoms with Crippen LogP contribution in [0.1, 0.15) is 491 Å². The van der Waals surface area contributed by atoms with Crippen LogP contribution in [0.25, 0.3) is 0 Å². The fourth-order valence-corrected chi connectivity index (χ4v) is 15.9. The van der Waals surface area contributed by atoms with E-state index in [1.54, 1.807) is 0 Å². The second kappa shape index (κ2) is 82.2. The van der Waals surface area contributed by atoms with Crippen molar-refractivity contribution in [2.75, 3.05) is 39.6 Å². The van der Waals surface area contributed by atoms with Gasteiger partial charge in [0.2, 0.25) is 0 Å². The van der Waals surface area contributed by atoms with Gasteiger partial charge in [-0.1, -0.05) is 440 Å². The highest BCUT2D eigenvalue weighted by Gasteiger charge is 2.31. The van der Waals surface area contributed by atoms with E-state index in [0.717, 1.165) is 102 Å². The standard InChI is InChI=1S/C91H178O17P2/c1-7-10-12-14-16-18-20-22-24-26-28-30-32-34-36-38-40-44-48-55-61-67-73-88(93)101-79-86(107-90(95)75-69-63-57-49-45-41-39-37-35-33-31-29-27-25-23-21-19-17-15-13-11-8-2)81-105-109(97,98)103-77-85(92)78-104-110(99,100)106-82-87(80-102-89(94)74-68-62-56-52-51-54-60-66-72-84(6)9-3)108-91(96)76-70-64-58-50-46-42-43-47-53-59-65-71-83(4)5/h83-87,92H,7-82H2,1-6H3,(H,97,98)(H,99,100)/t84?,85-,86-,87-/m1/s1. The molecule has 0 aliphatic carbocycles. The van der Waals surface area contributed by atoms with E-state index in [1.807, 2.05) is 0 Å². The van der Waals surface area contributed by atoms with Crippen LogP contribution >= 0.6 is 15.6 Å². The Labute approximate surface area is 677 Å². The molecule has 0 spiro atoms. The van der Waals surface area contributed by atoms with Gasteiger partial charge >= 0.3 is 39.5 Å². The van der Waals surface area contributed by atoms with Crippen LogP contribution < -0.4 is 0 Å². The fourth-order valence-electron chi connectivity index (χ4n) is 14.3. The van der Waals surface area contributed by atoms with Gasteiger partial charge in [0.25, 0.3) is 0 Å². The summed E-state index contributed by atoms with van der Waals surface area (Å²) >= 11 is 0. The van der Waals surface area contributed by atoms with Crippen molar-refractivity contribution >= 4 is 39.5 Å². The Bertz CT molecular complexity index is 2100. The van der Waals surface area contributed by atoms with Crippen molar-refractivity contribution in [3.8, 4) is 0 Å². The molecule has 3 unspecified atom stereocenters. The molecule has 0 aromatic carbocycles. The summed E-state index contributed by atoms with van der Waals surface area (Å²) in [5.74, 6) is -0.557. The van der Waals surface area contributed by atoms with Crippen LogP contribution in [0, 0.1) is 11.8 Å². The monoisotopic (exact) mass is 1610 g/mol. The number of phosphoric ester groups is 2. The molecule has 0 aliphatic heterocycles. The second-order valence-corrected chi connectivity index (χ2v) is 36.3. The number of carbonyl (C=O) groups is 4. The van der Waals surface area contributed by atoms with Crippen LogP contribution in [0.2, 0.25) is 0 Å². The summed E-state index contributed by atoms with van der Waals surface area (Å²) in [7, 11) is -9.94. The third kappa shape index (κ3) is 82.6. The molecule has 0 aromatic heterocycles. The highest BCUT2D eigenvalue weighted by Crippen LogP contribution is 2.45. The van der Waals surface area contributed by atoms with Crippen molar-refractivity contribution in [1.82, 2.24) is 0 Å². The summed E-state index contributed by atoms with van der Waals surface area (Å²) in [4.78, 5) is 73.4. The minimum atomic E-state index is -4.97. The van der Waals surface area contributed by atoms with E-state index in [1.165, 1.54) is 308 Å². The molecule has 19 heteroatoms. The smallest absolute Gasteiger partial charge is 0.462 e. The molecular weight excluding hydrogens is 1430 g/mol. The lowest BCUT2D eigenvalue weighted by Crippen LogP contribution is -2.30. The number of aliphatic hydroxyl groups excluding tert-OH is 1. The Kier molecular flexibility index (Phi) is 80.7. The average Bonchev–Trinajstić information content (AvgIpc) is 0.895. The zero-order chi connectivity index (χ0) is 80.6. The quantitative estimate of drug-likeness (QED) is 0.0222. The SMILES string of the molecule is CCCCCCCCCCCCCCCCCCCCCCCCC(=O)OC[C@H](COP(=O)(O)OC[C@@H](O)COP(=O)(O)OC[C@@H](COC(=O)CCCCCCCCCCC(C)CC)OC(=O)CCCCCCCCCCCCCC(C)C)OC(=O)CCCCCCCCCCCCCCCCCCCCCCCC. The Morgan fingerprint density at radius 3 is 0.691 bits per heavy atom.